The van der Waals surface area contributed by atoms with E-state index in [1.807, 2.05) is 27.7 Å². The zero-order valence-electron chi connectivity index (χ0n) is 9.96. The van der Waals surface area contributed by atoms with Crippen LogP contribution in [0.1, 0.15) is 34.6 Å². The molecule has 0 unspecified atom stereocenters. The van der Waals surface area contributed by atoms with Crippen LogP contribution < -0.4 is 0 Å². The Morgan fingerprint density at radius 2 is 1.29 bits per heavy atom. The van der Waals surface area contributed by atoms with Crippen molar-refractivity contribution < 1.29 is 9.47 Å². The minimum atomic E-state index is 0.418. The highest BCUT2D eigenvalue weighted by molar-refractivity contribution is 4.87. The van der Waals surface area contributed by atoms with Gasteiger partial charge >= 0.3 is 0 Å². The van der Waals surface area contributed by atoms with Gasteiger partial charge in [-0.15, -0.1) is 0 Å². The standard InChI is InChI=1S/C12H22O2/c1-10(2)6-13-8-12(5)9-14-7-11(3)4/h6-7,12H,8-9H2,1-5H3. The normalized spacial score (nSPS) is 9.57. The molecule has 0 saturated carbocycles. The lowest BCUT2D eigenvalue weighted by Crippen LogP contribution is -2.09. The summed E-state index contributed by atoms with van der Waals surface area (Å²) in [5, 5.41) is 0. The van der Waals surface area contributed by atoms with Crippen LogP contribution in [0.15, 0.2) is 23.7 Å². The number of ether oxygens (including phenoxy) is 2. The summed E-state index contributed by atoms with van der Waals surface area (Å²) in [6.07, 6.45) is 3.58. The molecule has 0 radical (unpaired) electrons. The molecule has 0 atom stereocenters. The molecule has 0 aromatic rings. The molecule has 2 nitrogen and oxygen atoms in total. The monoisotopic (exact) mass is 198 g/mol. The van der Waals surface area contributed by atoms with E-state index in [0.29, 0.717) is 19.1 Å². The van der Waals surface area contributed by atoms with Gasteiger partial charge in [-0.05, 0) is 38.8 Å². The summed E-state index contributed by atoms with van der Waals surface area (Å²) in [5.74, 6) is 0.418. The Balaban J connectivity index is 3.51. The first-order chi connectivity index (χ1) is 6.52. The maximum absolute atomic E-state index is 5.35. The lowest BCUT2D eigenvalue weighted by Gasteiger charge is -2.10. The van der Waals surface area contributed by atoms with Gasteiger partial charge < -0.3 is 9.47 Å². The second kappa shape index (κ2) is 7.48. The lowest BCUT2D eigenvalue weighted by molar-refractivity contribution is 0.131. The van der Waals surface area contributed by atoms with Gasteiger partial charge in [0.2, 0.25) is 0 Å². The number of hydrogen-bond donors (Lipinski definition) is 0. The fourth-order valence-electron chi connectivity index (χ4n) is 0.806. The average Bonchev–Trinajstić information content (AvgIpc) is 2.02. The first-order valence-corrected chi connectivity index (χ1v) is 5.02. The van der Waals surface area contributed by atoms with Crippen LogP contribution in [-0.2, 0) is 9.47 Å². The molecule has 82 valence electrons. The molecule has 0 N–H and O–H groups in total. The summed E-state index contributed by atoms with van der Waals surface area (Å²) >= 11 is 0. The molecule has 14 heavy (non-hydrogen) atoms. The molecule has 0 fully saturated rings. The van der Waals surface area contributed by atoms with Crippen molar-refractivity contribution in [3.8, 4) is 0 Å². The van der Waals surface area contributed by atoms with Crippen molar-refractivity contribution >= 4 is 0 Å². The Kier molecular flexibility index (Phi) is 6.99. The van der Waals surface area contributed by atoms with Gasteiger partial charge in [0.15, 0.2) is 0 Å². The summed E-state index contributed by atoms with van der Waals surface area (Å²) in [6.45, 7) is 11.6. The Labute approximate surface area is 87.6 Å². The van der Waals surface area contributed by atoms with Crippen molar-refractivity contribution in [3.63, 3.8) is 0 Å². The van der Waals surface area contributed by atoms with Crippen LogP contribution in [0, 0.1) is 5.92 Å². The van der Waals surface area contributed by atoms with Gasteiger partial charge in [-0.3, -0.25) is 0 Å². The van der Waals surface area contributed by atoms with Gasteiger partial charge in [-0.25, -0.2) is 0 Å². The smallest absolute Gasteiger partial charge is 0.0931 e. The Bertz CT molecular complexity index is 174. The van der Waals surface area contributed by atoms with Crippen LogP contribution in [0.5, 0.6) is 0 Å². The Hall–Kier alpha value is -0.920. The molecule has 0 rings (SSSR count). The van der Waals surface area contributed by atoms with Gasteiger partial charge in [0.1, 0.15) is 0 Å². The maximum atomic E-state index is 5.35. The average molecular weight is 198 g/mol. The van der Waals surface area contributed by atoms with E-state index in [4.69, 9.17) is 9.47 Å². The van der Waals surface area contributed by atoms with Crippen molar-refractivity contribution in [1.29, 1.82) is 0 Å². The minimum absolute atomic E-state index is 0.418. The summed E-state index contributed by atoms with van der Waals surface area (Å²) in [6, 6.07) is 0. The van der Waals surface area contributed by atoms with Gasteiger partial charge in [-0.1, -0.05) is 6.92 Å². The maximum Gasteiger partial charge on any atom is 0.0931 e. The van der Waals surface area contributed by atoms with E-state index in [9.17, 15) is 0 Å². The van der Waals surface area contributed by atoms with Crippen LogP contribution in [-0.4, -0.2) is 13.2 Å². The van der Waals surface area contributed by atoms with Crippen LogP contribution in [0.3, 0.4) is 0 Å². The predicted octanol–water partition coefficient (Wildman–Crippen LogP) is 3.50. The van der Waals surface area contributed by atoms with E-state index in [-0.39, 0.29) is 0 Å². The van der Waals surface area contributed by atoms with Crippen molar-refractivity contribution in [2.45, 2.75) is 34.6 Å². The van der Waals surface area contributed by atoms with E-state index in [0.717, 1.165) is 0 Å². The SMILES string of the molecule is CC(C)=COCC(C)COC=C(C)C. The van der Waals surface area contributed by atoms with E-state index >= 15 is 0 Å². The minimum Gasteiger partial charge on any atom is -0.501 e. The molecule has 0 bridgehead atoms. The van der Waals surface area contributed by atoms with Crippen LogP contribution in [0.2, 0.25) is 0 Å². The zero-order chi connectivity index (χ0) is 11.0. The summed E-state index contributed by atoms with van der Waals surface area (Å²) in [7, 11) is 0. The molecule has 0 aliphatic heterocycles. The molecular formula is C12H22O2. The third-order valence-corrected chi connectivity index (χ3v) is 1.40. The second-order valence-electron chi connectivity index (χ2n) is 4.16. The fraction of sp³-hybridized carbons (Fsp3) is 0.667. The highest BCUT2D eigenvalue weighted by Crippen LogP contribution is 2.00. The largest absolute Gasteiger partial charge is 0.501 e. The third-order valence-electron chi connectivity index (χ3n) is 1.40. The fourth-order valence-corrected chi connectivity index (χ4v) is 0.806. The van der Waals surface area contributed by atoms with Gasteiger partial charge in [-0.2, -0.15) is 0 Å². The summed E-state index contributed by atoms with van der Waals surface area (Å²) in [4.78, 5) is 0. The van der Waals surface area contributed by atoms with Gasteiger partial charge in [0, 0.05) is 5.92 Å². The molecule has 2 heteroatoms. The first-order valence-electron chi connectivity index (χ1n) is 5.02. The highest BCUT2D eigenvalue weighted by Gasteiger charge is 2.00. The molecule has 0 aromatic heterocycles. The van der Waals surface area contributed by atoms with E-state index < -0.39 is 0 Å². The first kappa shape index (κ1) is 13.1. The quantitative estimate of drug-likeness (QED) is 0.608. The van der Waals surface area contributed by atoms with Crippen LogP contribution in [0.25, 0.3) is 0 Å². The lowest BCUT2D eigenvalue weighted by atomic mass is 10.2. The highest BCUT2D eigenvalue weighted by atomic mass is 16.5. The molecule has 0 aliphatic rings. The van der Waals surface area contributed by atoms with Crippen molar-refractivity contribution in [2.24, 2.45) is 5.92 Å². The molecule has 0 amide bonds. The molecular weight excluding hydrogens is 176 g/mol. The number of rotatable bonds is 6. The molecule has 0 saturated heterocycles. The number of allylic oxidation sites excluding steroid dienone is 2. The van der Waals surface area contributed by atoms with Crippen molar-refractivity contribution in [3.05, 3.63) is 23.7 Å². The Morgan fingerprint density at radius 3 is 1.57 bits per heavy atom. The van der Waals surface area contributed by atoms with E-state index in [1.54, 1.807) is 12.5 Å². The van der Waals surface area contributed by atoms with E-state index in [2.05, 4.69) is 6.92 Å². The molecule has 0 aromatic carbocycles. The summed E-state index contributed by atoms with van der Waals surface area (Å²) < 4.78 is 10.7. The van der Waals surface area contributed by atoms with Crippen LogP contribution in [0.4, 0.5) is 0 Å². The van der Waals surface area contributed by atoms with Crippen molar-refractivity contribution in [1.82, 2.24) is 0 Å². The topological polar surface area (TPSA) is 18.5 Å². The van der Waals surface area contributed by atoms with Gasteiger partial charge in [0.25, 0.3) is 0 Å². The predicted molar refractivity (Wildman–Crippen MR) is 59.9 cm³/mol. The summed E-state index contributed by atoms with van der Waals surface area (Å²) in [5.41, 5.74) is 2.37. The van der Waals surface area contributed by atoms with Crippen molar-refractivity contribution in [2.75, 3.05) is 13.2 Å². The second-order valence-corrected chi connectivity index (χ2v) is 4.16. The van der Waals surface area contributed by atoms with Gasteiger partial charge in [0.05, 0.1) is 25.7 Å². The zero-order valence-corrected chi connectivity index (χ0v) is 9.96. The Morgan fingerprint density at radius 1 is 0.929 bits per heavy atom. The molecule has 0 aliphatic carbocycles. The molecule has 0 spiro atoms. The molecule has 0 heterocycles. The van der Waals surface area contributed by atoms with E-state index in [1.165, 1.54) is 11.1 Å². The third kappa shape index (κ3) is 9.17. The number of hydrogen-bond acceptors (Lipinski definition) is 2. The van der Waals surface area contributed by atoms with Crippen LogP contribution >= 0.6 is 0 Å².